The Morgan fingerprint density at radius 1 is 1.45 bits per heavy atom. The third-order valence-electron chi connectivity index (χ3n) is 0.744. The van der Waals surface area contributed by atoms with E-state index in [0.29, 0.717) is 6.42 Å². The Kier molecular flexibility index (Phi) is 11.4. The van der Waals surface area contributed by atoms with E-state index < -0.39 is 17.3 Å². The van der Waals surface area contributed by atoms with Gasteiger partial charge in [-0.05, 0) is 6.42 Å². The first-order valence-corrected chi connectivity index (χ1v) is 4.08. The largest absolute Gasteiger partial charge is 0.481 e. The summed E-state index contributed by atoms with van der Waals surface area (Å²) in [6.07, 6.45) is 2.08. The molecule has 0 bridgehead atoms. The van der Waals surface area contributed by atoms with Gasteiger partial charge in [0.05, 0.1) is 0 Å². The van der Waals surface area contributed by atoms with Gasteiger partial charge in [0, 0.05) is 6.42 Å². The SMILES string of the molecule is CCCCC(=O)O.O=S(O)O. The maximum absolute atomic E-state index is 9.76. The van der Waals surface area contributed by atoms with Crippen molar-refractivity contribution in [1.82, 2.24) is 0 Å². The van der Waals surface area contributed by atoms with E-state index in [1.165, 1.54) is 0 Å². The molecular formula is C5H12O5S. The zero-order valence-electron chi connectivity index (χ0n) is 6.19. The molecule has 0 aromatic heterocycles. The number of rotatable bonds is 3. The molecule has 3 N–H and O–H groups in total. The van der Waals surface area contributed by atoms with E-state index >= 15 is 0 Å². The molecular weight excluding hydrogens is 172 g/mol. The van der Waals surface area contributed by atoms with Crippen molar-refractivity contribution >= 4 is 17.3 Å². The van der Waals surface area contributed by atoms with Gasteiger partial charge in [-0.2, -0.15) is 4.21 Å². The highest BCUT2D eigenvalue weighted by atomic mass is 32.2. The summed E-state index contributed by atoms with van der Waals surface area (Å²) in [6, 6.07) is 0. The molecule has 0 saturated carbocycles. The van der Waals surface area contributed by atoms with Gasteiger partial charge < -0.3 is 5.11 Å². The van der Waals surface area contributed by atoms with Crippen molar-refractivity contribution in [2.45, 2.75) is 26.2 Å². The summed E-state index contributed by atoms with van der Waals surface area (Å²) in [4.78, 5) is 9.76. The van der Waals surface area contributed by atoms with Crippen molar-refractivity contribution in [1.29, 1.82) is 0 Å². The average Bonchev–Trinajstić information content (AvgIpc) is 1.82. The lowest BCUT2D eigenvalue weighted by Gasteiger charge is -1.85. The summed E-state index contributed by atoms with van der Waals surface area (Å²) in [7, 11) is 0. The third kappa shape index (κ3) is 43.3. The second-order valence-corrected chi connectivity index (χ2v) is 2.19. The molecule has 0 radical (unpaired) electrons. The molecule has 0 saturated heterocycles. The number of unbranched alkanes of at least 4 members (excludes halogenated alkanes) is 1. The lowest BCUT2D eigenvalue weighted by molar-refractivity contribution is -0.137. The summed E-state index contributed by atoms with van der Waals surface area (Å²) in [5.41, 5.74) is 0. The van der Waals surface area contributed by atoms with Gasteiger partial charge in [-0.25, -0.2) is 0 Å². The molecule has 0 rings (SSSR count). The Bertz CT molecular complexity index is 120. The molecule has 5 nitrogen and oxygen atoms in total. The molecule has 11 heavy (non-hydrogen) atoms. The minimum absolute atomic E-state index is 0.316. The molecule has 0 unspecified atom stereocenters. The van der Waals surface area contributed by atoms with Crippen LogP contribution in [-0.4, -0.2) is 24.4 Å². The van der Waals surface area contributed by atoms with Crippen LogP contribution in [0, 0.1) is 0 Å². The molecule has 0 atom stereocenters. The highest BCUT2D eigenvalue weighted by molar-refractivity contribution is 7.73. The molecule has 6 heteroatoms. The Labute approximate surface area is 67.5 Å². The zero-order valence-corrected chi connectivity index (χ0v) is 7.00. The number of aliphatic carboxylic acids is 1. The molecule has 0 aliphatic heterocycles. The predicted octanol–water partition coefficient (Wildman–Crippen LogP) is 0.942. The normalized spacial score (nSPS) is 8.73. The maximum atomic E-state index is 9.76. The molecule has 0 heterocycles. The summed E-state index contributed by atoms with van der Waals surface area (Å²) in [5.74, 6) is -0.693. The molecule has 0 aromatic carbocycles. The van der Waals surface area contributed by atoms with Crippen molar-refractivity contribution in [2.75, 3.05) is 0 Å². The topological polar surface area (TPSA) is 94.8 Å². The van der Waals surface area contributed by atoms with Gasteiger partial charge >= 0.3 is 5.97 Å². The van der Waals surface area contributed by atoms with Crippen LogP contribution in [0.25, 0.3) is 0 Å². The number of carboxylic acids is 1. The van der Waals surface area contributed by atoms with Crippen LogP contribution in [0.5, 0.6) is 0 Å². The van der Waals surface area contributed by atoms with Crippen LogP contribution in [0.1, 0.15) is 26.2 Å². The van der Waals surface area contributed by atoms with Crippen molar-refractivity contribution in [3.8, 4) is 0 Å². The van der Waals surface area contributed by atoms with Crippen LogP contribution >= 0.6 is 0 Å². The van der Waals surface area contributed by atoms with Gasteiger partial charge in [0.2, 0.25) is 0 Å². The lowest BCUT2D eigenvalue weighted by Crippen LogP contribution is -1.91. The van der Waals surface area contributed by atoms with E-state index in [4.69, 9.17) is 18.4 Å². The fourth-order valence-corrected chi connectivity index (χ4v) is 0.328. The number of carbonyl (C=O) groups is 1. The first-order chi connectivity index (χ1) is 5.00. The van der Waals surface area contributed by atoms with Crippen LogP contribution in [0.2, 0.25) is 0 Å². The van der Waals surface area contributed by atoms with E-state index in [9.17, 15) is 4.79 Å². The molecule has 0 amide bonds. The molecule has 0 aliphatic rings. The first kappa shape index (κ1) is 13.2. The van der Waals surface area contributed by atoms with Gasteiger partial charge in [-0.1, -0.05) is 13.3 Å². The summed E-state index contributed by atoms with van der Waals surface area (Å²) in [5, 5.41) is 8.04. The molecule has 0 aromatic rings. The van der Waals surface area contributed by atoms with Gasteiger partial charge in [-0.3, -0.25) is 13.9 Å². The first-order valence-electron chi connectivity index (χ1n) is 3.02. The van der Waals surface area contributed by atoms with E-state index in [0.717, 1.165) is 12.8 Å². The van der Waals surface area contributed by atoms with Crippen LogP contribution in [0.4, 0.5) is 0 Å². The van der Waals surface area contributed by atoms with Crippen LogP contribution in [0.15, 0.2) is 0 Å². The van der Waals surface area contributed by atoms with Crippen LogP contribution in [0.3, 0.4) is 0 Å². The van der Waals surface area contributed by atoms with Gasteiger partial charge in [0.25, 0.3) is 11.4 Å². The molecule has 68 valence electrons. The maximum Gasteiger partial charge on any atom is 0.303 e. The van der Waals surface area contributed by atoms with Gasteiger partial charge in [0.1, 0.15) is 0 Å². The predicted molar refractivity (Wildman–Crippen MR) is 40.6 cm³/mol. The standard InChI is InChI=1S/C5H10O2.H2O3S/c1-2-3-4-5(6)7;1-4(2)3/h2-4H2,1H3,(H,6,7);(H2,1,2,3). The Balaban J connectivity index is 0. The summed E-state index contributed by atoms with van der Waals surface area (Å²) in [6.45, 7) is 1.98. The molecule has 0 spiro atoms. The number of hydrogen-bond donors (Lipinski definition) is 3. The molecule has 0 fully saturated rings. The van der Waals surface area contributed by atoms with Crippen molar-refractivity contribution in [3.05, 3.63) is 0 Å². The van der Waals surface area contributed by atoms with Crippen molar-refractivity contribution in [2.24, 2.45) is 0 Å². The second kappa shape index (κ2) is 9.54. The zero-order chi connectivity index (χ0) is 9.28. The fourth-order valence-electron chi connectivity index (χ4n) is 0.328. The highest BCUT2D eigenvalue weighted by Crippen LogP contribution is 1.91. The van der Waals surface area contributed by atoms with E-state index in [-0.39, 0.29) is 0 Å². The molecule has 0 aliphatic carbocycles. The fraction of sp³-hybridized carbons (Fsp3) is 0.800. The Hall–Kier alpha value is -0.460. The van der Waals surface area contributed by atoms with Gasteiger partial charge in [0.15, 0.2) is 0 Å². The minimum atomic E-state index is -2.61. The quantitative estimate of drug-likeness (QED) is 0.567. The van der Waals surface area contributed by atoms with E-state index in [2.05, 4.69) is 0 Å². The summed E-state index contributed by atoms with van der Waals surface area (Å²) < 4.78 is 22.8. The van der Waals surface area contributed by atoms with E-state index in [1.54, 1.807) is 0 Å². The summed E-state index contributed by atoms with van der Waals surface area (Å²) >= 11 is -2.61. The minimum Gasteiger partial charge on any atom is -0.481 e. The Morgan fingerprint density at radius 3 is 1.91 bits per heavy atom. The van der Waals surface area contributed by atoms with E-state index in [1.807, 2.05) is 6.92 Å². The second-order valence-electron chi connectivity index (χ2n) is 1.73. The smallest absolute Gasteiger partial charge is 0.303 e. The van der Waals surface area contributed by atoms with Crippen LogP contribution < -0.4 is 0 Å². The highest BCUT2D eigenvalue weighted by Gasteiger charge is 1.90. The van der Waals surface area contributed by atoms with Crippen LogP contribution in [-0.2, 0) is 16.2 Å². The van der Waals surface area contributed by atoms with Crippen molar-refractivity contribution in [3.63, 3.8) is 0 Å². The lowest BCUT2D eigenvalue weighted by atomic mass is 10.3. The van der Waals surface area contributed by atoms with Gasteiger partial charge in [-0.15, -0.1) is 0 Å². The average molecular weight is 184 g/mol. The number of hydrogen-bond acceptors (Lipinski definition) is 2. The van der Waals surface area contributed by atoms with Crippen molar-refractivity contribution < 1.29 is 23.2 Å². The third-order valence-corrected chi connectivity index (χ3v) is 0.744. The number of carboxylic acid groups (broad SMARTS) is 1. The Morgan fingerprint density at radius 2 is 1.82 bits per heavy atom. The monoisotopic (exact) mass is 184 g/mol.